The summed E-state index contributed by atoms with van der Waals surface area (Å²) in [6, 6.07) is 0. The molecule has 2 aromatic heterocycles. The monoisotopic (exact) mass is 301 g/mol. The Morgan fingerprint density at radius 2 is 2.15 bits per heavy atom. The highest BCUT2D eigenvalue weighted by atomic mass is 32.2. The van der Waals surface area contributed by atoms with E-state index in [1.807, 2.05) is 0 Å². The van der Waals surface area contributed by atoms with Gasteiger partial charge in [-0.2, -0.15) is 10.1 Å². The number of hydrogen-bond donors (Lipinski definition) is 3. The van der Waals surface area contributed by atoms with Crippen molar-refractivity contribution in [1.82, 2.24) is 25.1 Å². The zero-order chi connectivity index (χ0) is 14.8. The second-order valence-corrected chi connectivity index (χ2v) is 5.85. The van der Waals surface area contributed by atoms with E-state index in [0.717, 1.165) is 0 Å². The average molecular weight is 301 g/mol. The highest BCUT2D eigenvalue weighted by Crippen LogP contribution is 2.15. The van der Waals surface area contributed by atoms with Gasteiger partial charge in [0.1, 0.15) is 0 Å². The molecule has 0 aromatic carbocycles. The molecule has 2 rings (SSSR count). The lowest BCUT2D eigenvalue weighted by molar-refractivity contribution is 0.277. The zero-order valence-corrected chi connectivity index (χ0v) is 11.9. The van der Waals surface area contributed by atoms with E-state index in [1.165, 1.54) is 0 Å². The van der Waals surface area contributed by atoms with Crippen molar-refractivity contribution in [3.63, 3.8) is 0 Å². The van der Waals surface area contributed by atoms with Gasteiger partial charge in [-0.25, -0.2) is 13.1 Å². The molecule has 0 atom stereocenters. The molecule has 2 heterocycles. The van der Waals surface area contributed by atoms with Gasteiger partial charge in [0.2, 0.25) is 5.89 Å². The third-order valence-corrected chi connectivity index (χ3v) is 4.09. The van der Waals surface area contributed by atoms with Crippen LogP contribution in [0.1, 0.15) is 23.0 Å². The quantitative estimate of drug-likeness (QED) is 0.650. The number of sulfonamides is 1. The minimum absolute atomic E-state index is 0.109. The lowest BCUT2D eigenvalue weighted by Crippen LogP contribution is -2.27. The maximum Gasteiger partial charge on any atom is 0.260 e. The summed E-state index contributed by atoms with van der Waals surface area (Å²) in [4.78, 5) is 3.97. The minimum Gasteiger partial charge on any atom is -0.392 e. The number of rotatable bonds is 6. The highest BCUT2D eigenvalue weighted by molar-refractivity contribution is 7.89. The van der Waals surface area contributed by atoms with Crippen LogP contribution >= 0.6 is 0 Å². The summed E-state index contributed by atoms with van der Waals surface area (Å²) in [6.07, 6.45) is 0.300. The van der Waals surface area contributed by atoms with Crippen molar-refractivity contribution in [2.75, 3.05) is 6.54 Å². The molecule has 2 aromatic rings. The number of H-pyrrole nitrogens is 1. The molecule has 20 heavy (non-hydrogen) atoms. The minimum atomic E-state index is -3.78. The molecule has 10 heteroatoms. The fourth-order valence-electron chi connectivity index (χ4n) is 1.65. The first-order chi connectivity index (χ1) is 9.44. The molecule has 9 nitrogen and oxygen atoms in total. The largest absolute Gasteiger partial charge is 0.392 e. The van der Waals surface area contributed by atoms with E-state index in [-0.39, 0.29) is 17.1 Å². The maximum absolute atomic E-state index is 12.1. The molecule has 0 aliphatic carbocycles. The van der Waals surface area contributed by atoms with Crippen LogP contribution < -0.4 is 4.72 Å². The average Bonchev–Trinajstić information content (AvgIpc) is 2.95. The van der Waals surface area contributed by atoms with Crippen LogP contribution in [0.15, 0.2) is 9.55 Å². The molecular formula is C10H15N5O4S. The van der Waals surface area contributed by atoms with E-state index in [1.54, 1.807) is 13.8 Å². The molecule has 0 unspecified atom stereocenters. The summed E-state index contributed by atoms with van der Waals surface area (Å²) >= 11 is 0. The fraction of sp³-hybridized carbons (Fsp3) is 0.500. The van der Waals surface area contributed by atoms with Crippen LogP contribution in [0.5, 0.6) is 0 Å². The Balaban J connectivity index is 2.04. The third kappa shape index (κ3) is 3.03. The Morgan fingerprint density at radius 1 is 1.40 bits per heavy atom. The molecule has 0 saturated carbocycles. The molecule has 0 radical (unpaired) electrons. The fourth-order valence-corrected chi connectivity index (χ4v) is 2.86. The number of nitrogens with zero attached hydrogens (tertiary/aromatic N) is 3. The van der Waals surface area contributed by atoms with Gasteiger partial charge in [0.25, 0.3) is 10.0 Å². The highest BCUT2D eigenvalue weighted by Gasteiger charge is 2.23. The van der Waals surface area contributed by atoms with E-state index in [2.05, 4.69) is 25.1 Å². The number of nitrogens with one attached hydrogen (secondary N) is 2. The van der Waals surface area contributed by atoms with Crippen molar-refractivity contribution in [3.8, 4) is 0 Å². The van der Waals surface area contributed by atoms with Crippen LogP contribution in [-0.4, -0.2) is 40.4 Å². The standard InChI is InChI=1S/C10H15N5O4S/c1-6-8(5-16)10(14-13-6)20(17,18)11-4-3-9-12-7(2)19-15-9/h11,16H,3-5H2,1-2H3,(H,13,14). The number of aromatic amines is 1. The maximum atomic E-state index is 12.1. The SMILES string of the molecule is Cc1nc(CCNS(=O)(=O)c2n[nH]c(C)c2CO)no1. The summed E-state index contributed by atoms with van der Waals surface area (Å²) in [5.74, 6) is 0.846. The van der Waals surface area contributed by atoms with Crippen molar-refractivity contribution < 1.29 is 18.0 Å². The van der Waals surface area contributed by atoms with Crippen LogP contribution in [0.4, 0.5) is 0 Å². The molecule has 0 amide bonds. The van der Waals surface area contributed by atoms with Gasteiger partial charge in [0, 0.05) is 31.1 Å². The van der Waals surface area contributed by atoms with E-state index in [4.69, 9.17) is 4.52 Å². The van der Waals surface area contributed by atoms with Gasteiger partial charge in [-0.05, 0) is 6.92 Å². The first-order valence-corrected chi connectivity index (χ1v) is 7.36. The topological polar surface area (TPSA) is 134 Å². The van der Waals surface area contributed by atoms with Crippen LogP contribution in [0.3, 0.4) is 0 Å². The van der Waals surface area contributed by atoms with E-state index in [0.29, 0.717) is 23.8 Å². The molecule has 0 aliphatic heterocycles. The van der Waals surface area contributed by atoms with E-state index in [9.17, 15) is 13.5 Å². The Kier molecular flexibility index (Phi) is 4.16. The number of aryl methyl sites for hydroxylation is 2. The Hall–Kier alpha value is -1.78. The van der Waals surface area contributed by atoms with Gasteiger partial charge in [-0.15, -0.1) is 0 Å². The molecular weight excluding hydrogens is 286 g/mol. The number of aliphatic hydroxyl groups excluding tert-OH is 1. The molecule has 110 valence electrons. The van der Waals surface area contributed by atoms with Crippen LogP contribution in [-0.2, 0) is 23.1 Å². The summed E-state index contributed by atoms with van der Waals surface area (Å²) in [7, 11) is -3.78. The van der Waals surface area contributed by atoms with E-state index < -0.39 is 16.6 Å². The molecule has 0 saturated heterocycles. The molecule has 0 bridgehead atoms. The molecule has 0 aliphatic rings. The van der Waals surface area contributed by atoms with Crippen molar-refractivity contribution in [1.29, 1.82) is 0 Å². The zero-order valence-electron chi connectivity index (χ0n) is 11.0. The number of aliphatic hydroxyl groups is 1. The van der Waals surface area contributed by atoms with Crippen LogP contribution in [0.25, 0.3) is 0 Å². The lowest BCUT2D eigenvalue weighted by atomic mass is 10.3. The Bertz CT molecular complexity index is 690. The normalized spacial score (nSPS) is 11.9. The number of aromatic nitrogens is 4. The van der Waals surface area contributed by atoms with Crippen molar-refractivity contribution in [2.45, 2.75) is 31.9 Å². The van der Waals surface area contributed by atoms with Crippen LogP contribution in [0, 0.1) is 13.8 Å². The van der Waals surface area contributed by atoms with Crippen molar-refractivity contribution in [3.05, 3.63) is 23.0 Å². The van der Waals surface area contributed by atoms with Gasteiger partial charge in [0.15, 0.2) is 10.9 Å². The van der Waals surface area contributed by atoms with Crippen LogP contribution in [0.2, 0.25) is 0 Å². The van der Waals surface area contributed by atoms with Gasteiger partial charge in [0.05, 0.1) is 6.61 Å². The van der Waals surface area contributed by atoms with Crippen molar-refractivity contribution in [2.24, 2.45) is 0 Å². The summed E-state index contributed by atoms with van der Waals surface area (Å²) < 4.78 is 31.3. The second kappa shape index (κ2) is 5.69. The van der Waals surface area contributed by atoms with Gasteiger partial charge >= 0.3 is 0 Å². The second-order valence-electron chi connectivity index (χ2n) is 4.17. The molecule has 0 fully saturated rings. The molecule has 0 spiro atoms. The smallest absolute Gasteiger partial charge is 0.260 e. The van der Waals surface area contributed by atoms with E-state index >= 15 is 0 Å². The summed E-state index contributed by atoms with van der Waals surface area (Å²) in [6.45, 7) is 3.00. The number of hydrogen-bond acceptors (Lipinski definition) is 7. The lowest BCUT2D eigenvalue weighted by Gasteiger charge is -2.04. The predicted molar refractivity (Wildman–Crippen MR) is 67.2 cm³/mol. The van der Waals surface area contributed by atoms with Gasteiger partial charge in [-0.1, -0.05) is 5.16 Å². The molecule has 3 N–H and O–H groups in total. The Morgan fingerprint density at radius 3 is 2.75 bits per heavy atom. The first-order valence-electron chi connectivity index (χ1n) is 5.87. The van der Waals surface area contributed by atoms with Gasteiger partial charge in [-0.3, -0.25) is 5.10 Å². The van der Waals surface area contributed by atoms with Crippen molar-refractivity contribution >= 4 is 10.0 Å². The first kappa shape index (κ1) is 14.6. The Labute approximate surface area is 115 Å². The summed E-state index contributed by atoms with van der Waals surface area (Å²) in [5.41, 5.74) is 0.773. The van der Waals surface area contributed by atoms with Gasteiger partial charge < -0.3 is 9.63 Å². The predicted octanol–water partition coefficient (Wildman–Crippen LogP) is -0.577. The third-order valence-electron chi connectivity index (χ3n) is 2.66. The summed E-state index contributed by atoms with van der Waals surface area (Å²) in [5, 5.41) is 18.9.